The quantitative estimate of drug-likeness (QED) is 0.833. The van der Waals surface area contributed by atoms with Crippen molar-refractivity contribution in [2.45, 2.75) is 31.3 Å². The Morgan fingerprint density at radius 3 is 2.81 bits per heavy atom. The Kier molecular flexibility index (Phi) is 3.76. The smallest absolute Gasteiger partial charge is 0.227 e. The lowest BCUT2D eigenvalue weighted by atomic mass is 9.87. The number of nitrogens with zero attached hydrogens (tertiary/aromatic N) is 1. The molecule has 0 aliphatic carbocycles. The van der Waals surface area contributed by atoms with Crippen molar-refractivity contribution in [1.29, 1.82) is 0 Å². The van der Waals surface area contributed by atoms with Gasteiger partial charge in [-0.2, -0.15) is 0 Å². The molecule has 1 aromatic carbocycles. The van der Waals surface area contributed by atoms with Crippen LogP contribution in [0.3, 0.4) is 0 Å². The van der Waals surface area contributed by atoms with Gasteiger partial charge in [-0.25, -0.2) is 4.39 Å². The first-order chi connectivity index (χ1) is 10.1. The molecule has 0 aromatic heterocycles. The van der Waals surface area contributed by atoms with Crippen LogP contribution in [0.15, 0.2) is 24.3 Å². The number of rotatable bonds is 2. The van der Waals surface area contributed by atoms with Crippen molar-refractivity contribution in [3.05, 3.63) is 35.6 Å². The number of benzene rings is 1. The predicted octanol–water partition coefficient (Wildman–Crippen LogP) is 1.72. The third-order valence-electron chi connectivity index (χ3n) is 4.38. The van der Waals surface area contributed by atoms with Gasteiger partial charge in [0.15, 0.2) is 5.78 Å². The molecular weight excluding hydrogens is 273 g/mol. The maximum atomic E-state index is 13.6. The molecule has 1 amide bonds. The molecule has 2 heterocycles. The van der Waals surface area contributed by atoms with Gasteiger partial charge in [0, 0.05) is 19.6 Å². The fraction of sp³-hybridized carbons (Fsp3) is 0.500. The van der Waals surface area contributed by atoms with Gasteiger partial charge in [0.25, 0.3) is 0 Å². The van der Waals surface area contributed by atoms with Crippen molar-refractivity contribution in [3.8, 4) is 0 Å². The van der Waals surface area contributed by atoms with Gasteiger partial charge in [0.2, 0.25) is 5.91 Å². The Hall–Kier alpha value is -1.75. The van der Waals surface area contributed by atoms with Gasteiger partial charge in [0.1, 0.15) is 11.4 Å². The molecule has 1 unspecified atom stereocenters. The van der Waals surface area contributed by atoms with Crippen molar-refractivity contribution < 1.29 is 18.7 Å². The number of ether oxygens (including phenoxy) is 1. The molecular formula is C16H18FNO3. The third kappa shape index (κ3) is 2.70. The summed E-state index contributed by atoms with van der Waals surface area (Å²) in [6, 6.07) is 6.23. The minimum atomic E-state index is -0.658. The van der Waals surface area contributed by atoms with Crippen LogP contribution in [0.25, 0.3) is 0 Å². The fourth-order valence-electron chi connectivity index (χ4n) is 3.10. The zero-order chi connectivity index (χ0) is 14.9. The summed E-state index contributed by atoms with van der Waals surface area (Å²) in [5, 5.41) is 0. The number of piperidine rings is 1. The molecule has 0 radical (unpaired) electrons. The number of hydrogen-bond donors (Lipinski definition) is 0. The molecule has 112 valence electrons. The van der Waals surface area contributed by atoms with E-state index in [1.165, 1.54) is 11.0 Å². The molecule has 0 bridgehead atoms. The predicted molar refractivity (Wildman–Crippen MR) is 74.2 cm³/mol. The van der Waals surface area contributed by atoms with Gasteiger partial charge < -0.3 is 9.64 Å². The summed E-state index contributed by atoms with van der Waals surface area (Å²) in [7, 11) is 0. The number of carbonyl (C=O) groups excluding carboxylic acids is 2. The summed E-state index contributed by atoms with van der Waals surface area (Å²) in [5.74, 6) is -0.612. The van der Waals surface area contributed by atoms with Crippen LogP contribution in [0, 0.1) is 5.82 Å². The molecule has 2 aliphatic rings. The lowest BCUT2D eigenvalue weighted by molar-refractivity contribution is -0.152. The lowest BCUT2D eigenvalue weighted by Gasteiger charge is -2.37. The highest BCUT2D eigenvalue weighted by atomic mass is 19.1. The van der Waals surface area contributed by atoms with E-state index < -0.39 is 5.60 Å². The van der Waals surface area contributed by atoms with Crippen molar-refractivity contribution in [1.82, 2.24) is 4.90 Å². The van der Waals surface area contributed by atoms with Crippen molar-refractivity contribution in [3.63, 3.8) is 0 Å². The summed E-state index contributed by atoms with van der Waals surface area (Å²) in [6.45, 7) is 1.20. The minimum Gasteiger partial charge on any atom is -0.367 e. The summed E-state index contributed by atoms with van der Waals surface area (Å²) in [4.78, 5) is 26.0. The number of Topliss-reactive ketones (excluding diaryl/α,β-unsaturated/α-hetero) is 1. The number of ketones is 1. The zero-order valence-electron chi connectivity index (χ0n) is 11.8. The Bertz CT molecular complexity index is 566. The van der Waals surface area contributed by atoms with Crippen LogP contribution in [0.5, 0.6) is 0 Å². The average molecular weight is 291 g/mol. The van der Waals surface area contributed by atoms with E-state index in [9.17, 15) is 14.0 Å². The maximum absolute atomic E-state index is 13.6. The number of amides is 1. The Labute approximate surface area is 122 Å². The van der Waals surface area contributed by atoms with Crippen molar-refractivity contribution in [2.24, 2.45) is 0 Å². The first-order valence-corrected chi connectivity index (χ1v) is 7.29. The van der Waals surface area contributed by atoms with Crippen LogP contribution in [0.2, 0.25) is 0 Å². The number of likely N-dealkylation sites (tertiary alicyclic amines) is 1. The molecule has 1 atom stereocenters. The average Bonchev–Trinajstić information content (AvgIpc) is 2.94. The molecule has 5 heteroatoms. The maximum Gasteiger partial charge on any atom is 0.227 e. The van der Waals surface area contributed by atoms with Crippen molar-refractivity contribution >= 4 is 11.7 Å². The van der Waals surface area contributed by atoms with E-state index in [1.807, 2.05) is 0 Å². The zero-order valence-corrected chi connectivity index (χ0v) is 11.8. The van der Waals surface area contributed by atoms with E-state index in [-0.39, 0.29) is 30.5 Å². The van der Waals surface area contributed by atoms with Gasteiger partial charge in [-0.05, 0) is 24.5 Å². The van der Waals surface area contributed by atoms with Gasteiger partial charge in [-0.15, -0.1) is 0 Å². The van der Waals surface area contributed by atoms with Gasteiger partial charge in [0.05, 0.1) is 13.0 Å². The Morgan fingerprint density at radius 2 is 2.14 bits per heavy atom. The van der Waals surface area contributed by atoms with E-state index >= 15 is 0 Å². The van der Waals surface area contributed by atoms with E-state index in [1.54, 1.807) is 18.2 Å². The lowest BCUT2D eigenvalue weighted by Crippen LogP contribution is -2.54. The van der Waals surface area contributed by atoms with Crippen molar-refractivity contribution in [2.75, 3.05) is 19.7 Å². The fourth-order valence-corrected chi connectivity index (χ4v) is 3.10. The van der Waals surface area contributed by atoms with Gasteiger partial charge >= 0.3 is 0 Å². The second-order valence-corrected chi connectivity index (χ2v) is 5.70. The highest BCUT2D eigenvalue weighted by Crippen LogP contribution is 2.33. The van der Waals surface area contributed by atoms with Gasteiger partial charge in [-0.3, -0.25) is 9.59 Å². The molecule has 4 nitrogen and oxygen atoms in total. The van der Waals surface area contributed by atoms with E-state index in [2.05, 4.69) is 0 Å². The first-order valence-electron chi connectivity index (χ1n) is 7.29. The summed E-state index contributed by atoms with van der Waals surface area (Å²) < 4.78 is 19.2. The van der Waals surface area contributed by atoms with E-state index in [0.29, 0.717) is 25.1 Å². The molecule has 0 saturated carbocycles. The second kappa shape index (κ2) is 5.56. The summed E-state index contributed by atoms with van der Waals surface area (Å²) in [5.41, 5.74) is -0.290. The standard InChI is InChI=1S/C16H18FNO3/c17-13-5-2-1-4-12(13)10-15(20)18-8-7-16(14(19)11-18)6-3-9-21-16/h1-2,4-5H,3,6-11H2. The van der Waals surface area contributed by atoms with Crippen LogP contribution in [0.4, 0.5) is 4.39 Å². The van der Waals surface area contributed by atoms with Crippen LogP contribution in [-0.2, 0) is 20.7 Å². The molecule has 1 spiro atoms. The molecule has 2 saturated heterocycles. The largest absolute Gasteiger partial charge is 0.367 e. The molecule has 1 aromatic rings. The Balaban J connectivity index is 1.65. The SMILES string of the molecule is O=C(Cc1ccccc1F)N1CCC2(CCCO2)C(=O)C1. The monoisotopic (exact) mass is 291 g/mol. The van der Waals surface area contributed by atoms with Crippen LogP contribution < -0.4 is 0 Å². The molecule has 2 fully saturated rings. The minimum absolute atomic E-state index is 0.00614. The molecule has 2 aliphatic heterocycles. The molecule has 0 N–H and O–H groups in total. The van der Waals surface area contributed by atoms with Crippen LogP contribution in [0.1, 0.15) is 24.8 Å². The number of halogens is 1. The second-order valence-electron chi connectivity index (χ2n) is 5.70. The van der Waals surface area contributed by atoms with E-state index in [4.69, 9.17) is 4.74 Å². The van der Waals surface area contributed by atoms with Gasteiger partial charge in [-0.1, -0.05) is 18.2 Å². The first kappa shape index (κ1) is 14.2. The topological polar surface area (TPSA) is 46.6 Å². The number of hydrogen-bond acceptors (Lipinski definition) is 3. The Morgan fingerprint density at radius 1 is 1.33 bits per heavy atom. The van der Waals surface area contributed by atoms with E-state index in [0.717, 1.165) is 12.8 Å². The molecule has 21 heavy (non-hydrogen) atoms. The highest BCUT2D eigenvalue weighted by molar-refractivity contribution is 5.94. The normalized spacial score (nSPS) is 25.6. The van der Waals surface area contributed by atoms with Crippen LogP contribution >= 0.6 is 0 Å². The third-order valence-corrected chi connectivity index (χ3v) is 4.38. The number of carbonyl (C=O) groups is 2. The summed E-state index contributed by atoms with van der Waals surface area (Å²) >= 11 is 0. The molecule has 3 rings (SSSR count). The highest BCUT2D eigenvalue weighted by Gasteiger charge is 2.46. The van der Waals surface area contributed by atoms with Crippen LogP contribution in [-0.4, -0.2) is 41.9 Å². The summed E-state index contributed by atoms with van der Waals surface area (Å²) in [6.07, 6.45) is 2.19.